The van der Waals surface area contributed by atoms with Crippen molar-refractivity contribution in [2.45, 2.75) is 12.5 Å². The van der Waals surface area contributed by atoms with Crippen LogP contribution < -0.4 is 5.32 Å². The molecule has 82 valence electrons. The van der Waals surface area contributed by atoms with Crippen molar-refractivity contribution in [1.82, 2.24) is 0 Å². The molecule has 1 unspecified atom stereocenters. The molecule has 0 amide bonds. The first-order valence-corrected chi connectivity index (χ1v) is 5.41. The van der Waals surface area contributed by atoms with Crippen LogP contribution in [0.1, 0.15) is 6.42 Å². The van der Waals surface area contributed by atoms with E-state index < -0.39 is 5.82 Å². The number of nitrogens with one attached hydrogen (secondary N) is 1. The molecule has 1 aromatic carbocycles. The van der Waals surface area contributed by atoms with Gasteiger partial charge in [0.15, 0.2) is 0 Å². The zero-order valence-electron chi connectivity index (χ0n) is 7.90. The van der Waals surface area contributed by atoms with Gasteiger partial charge in [0.05, 0.1) is 28.4 Å². The van der Waals surface area contributed by atoms with E-state index in [9.17, 15) is 4.39 Å². The number of benzene rings is 1. The average Bonchev–Trinajstić information content (AvgIpc) is 2.63. The van der Waals surface area contributed by atoms with Crippen molar-refractivity contribution in [2.24, 2.45) is 0 Å². The van der Waals surface area contributed by atoms with Gasteiger partial charge in [-0.3, -0.25) is 0 Å². The largest absolute Gasteiger partial charge is 0.379 e. The Morgan fingerprint density at radius 3 is 2.53 bits per heavy atom. The van der Waals surface area contributed by atoms with Crippen LogP contribution in [0.2, 0.25) is 10.0 Å². The lowest BCUT2D eigenvalue weighted by Crippen LogP contribution is -2.19. The fraction of sp³-hybridized carbons (Fsp3) is 0.400. The van der Waals surface area contributed by atoms with E-state index in [1.165, 1.54) is 12.1 Å². The molecule has 0 radical (unpaired) electrons. The highest BCUT2D eigenvalue weighted by atomic mass is 35.5. The van der Waals surface area contributed by atoms with Gasteiger partial charge in [0, 0.05) is 6.61 Å². The first kappa shape index (κ1) is 11.0. The first-order chi connectivity index (χ1) is 7.16. The first-order valence-electron chi connectivity index (χ1n) is 4.65. The third-order valence-electron chi connectivity index (χ3n) is 2.29. The summed E-state index contributed by atoms with van der Waals surface area (Å²) in [6.07, 6.45) is 0.907. The minimum absolute atomic E-state index is 0.200. The second kappa shape index (κ2) is 4.56. The summed E-state index contributed by atoms with van der Waals surface area (Å²) in [6.45, 7) is 1.36. The van der Waals surface area contributed by atoms with Crippen LogP contribution in [0.4, 0.5) is 10.1 Å². The Labute approximate surface area is 97.3 Å². The highest BCUT2D eigenvalue weighted by molar-refractivity contribution is 6.39. The van der Waals surface area contributed by atoms with E-state index in [2.05, 4.69) is 5.32 Å². The van der Waals surface area contributed by atoms with Gasteiger partial charge in [0.2, 0.25) is 0 Å². The molecule has 1 heterocycles. The summed E-state index contributed by atoms with van der Waals surface area (Å²) >= 11 is 11.8. The van der Waals surface area contributed by atoms with E-state index in [1.807, 2.05) is 0 Å². The molecule has 2 rings (SSSR count). The van der Waals surface area contributed by atoms with Gasteiger partial charge < -0.3 is 10.1 Å². The van der Waals surface area contributed by atoms with Gasteiger partial charge in [-0.1, -0.05) is 23.2 Å². The Balaban J connectivity index is 2.19. The van der Waals surface area contributed by atoms with Crippen molar-refractivity contribution in [3.63, 3.8) is 0 Å². The zero-order chi connectivity index (χ0) is 10.8. The lowest BCUT2D eigenvalue weighted by molar-refractivity contribution is 0.195. The second-order valence-electron chi connectivity index (χ2n) is 3.45. The summed E-state index contributed by atoms with van der Waals surface area (Å²) in [5.41, 5.74) is 0.579. The Morgan fingerprint density at radius 1 is 1.33 bits per heavy atom. The SMILES string of the molecule is Fc1cc(Cl)c(NC2CCOC2)c(Cl)c1. The molecule has 1 aromatic rings. The van der Waals surface area contributed by atoms with E-state index >= 15 is 0 Å². The van der Waals surface area contributed by atoms with Crippen LogP contribution in [0.15, 0.2) is 12.1 Å². The molecule has 0 aliphatic carbocycles. The molecule has 1 N–H and O–H groups in total. The van der Waals surface area contributed by atoms with Crippen LogP contribution >= 0.6 is 23.2 Å². The third kappa shape index (κ3) is 2.54. The predicted molar refractivity (Wildman–Crippen MR) is 59.3 cm³/mol. The lowest BCUT2D eigenvalue weighted by Gasteiger charge is -2.15. The van der Waals surface area contributed by atoms with Crippen molar-refractivity contribution < 1.29 is 9.13 Å². The highest BCUT2D eigenvalue weighted by Gasteiger charge is 2.18. The van der Waals surface area contributed by atoms with E-state index in [-0.39, 0.29) is 6.04 Å². The number of rotatable bonds is 2. The topological polar surface area (TPSA) is 21.3 Å². The van der Waals surface area contributed by atoms with Crippen molar-refractivity contribution in [3.8, 4) is 0 Å². The Morgan fingerprint density at radius 2 is 2.00 bits per heavy atom. The summed E-state index contributed by atoms with van der Waals surface area (Å²) in [5, 5.41) is 3.75. The van der Waals surface area contributed by atoms with Crippen LogP contribution in [-0.2, 0) is 4.74 Å². The maximum absolute atomic E-state index is 12.9. The summed E-state index contributed by atoms with van der Waals surface area (Å²) in [4.78, 5) is 0. The molecule has 5 heteroatoms. The molecule has 1 aliphatic rings. The Bertz CT molecular complexity index is 343. The third-order valence-corrected chi connectivity index (χ3v) is 2.88. The molecule has 2 nitrogen and oxygen atoms in total. The zero-order valence-corrected chi connectivity index (χ0v) is 9.41. The van der Waals surface area contributed by atoms with Crippen LogP contribution in [-0.4, -0.2) is 19.3 Å². The number of halogens is 3. The van der Waals surface area contributed by atoms with Crippen molar-refractivity contribution in [3.05, 3.63) is 28.0 Å². The van der Waals surface area contributed by atoms with Gasteiger partial charge in [-0.15, -0.1) is 0 Å². The second-order valence-corrected chi connectivity index (χ2v) is 4.26. The molecule has 1 atom stereocenters. The van der Waals surface area contributed by atoms with Gasteiger partial charge in [0.1, 0.15) is 5.82 Å². The van der Waals surface area contributed by atoms with Gasteiger partial charge >= 0.3 is 0 Å². The molecule has 15 heavy (non-hydrogen) atoms. The van der Waals surface area contributed by atoms with E-state index in [4.69, 9.17) is 27.9 Å². The summed E-state index contributed by atoms with van der Waals surface area (Å²) in [6, 6.07) is 2.68. The van der Waals surface area contributed by atoms with E-state index in [0.717, 1.165) is 13.0 Å². The standard InChI is InChI=1S/C10H10Cl2FNO/c11-8-3-6(13)4-9(12)10(8)14-7-1-2-15-5-7/h3-4,7,14H,1-2,5H2. The van der Waals surface area contributed by atoms with Crippen LogP contribution in [0, 0.1) is 5.82 Å². The minimum Gasteiger partial charge on any atom is -0.379 e. The molecule has 1 aliphatic heterocycles. The van der Waals surface area contributed by atoms with Crippen LogP contribution in [0.25, 0.3) is 0 Å². The molecule has 1 fully saturated rings. The number of anilines is 1. The predicted octanol–water partition coefficient (Wildman–Crippen LogP) is 3.33. The number of hydrogen-bond acceptors (Lipinski definition) is 2. The maximum atomic E-state index is 12.9. The summed E-state index contributed by atoms with van der Waals surface area (Å²) in [7, 11) is 0. The van der Waals surface area contributed by atoms with Crippen molar-refractivity contribution >= 4 is 28.9 Å². The molecule has 1 saturated heterocycles. The summed E-state index contributed by atoms with van der Waals surface area (Å²) in [5.74, 6) is -0.432. The monoisotopic (exact) mass is 249 g/mol. The van der Waals surface area contributed by atoms with Gasteiger partial charge in [-0.25, -0.2) is 4.39 Å². The van der Waals surface area contributed by atoms with Crippen molar-refractivity contribution in [1.29, 1.82) is 0 Å². The Hall–Kier alpha value is -0.510. The van der Waals surface area contributed by atoms with Gasteiger partial charge in [0.25, 0.3) is 0 Å². The maximum Gasteiger partial charge on any atom is 0.126 e. The van der Waals surface area contributed by atoms with E-state index in [0.29, 0.717) is 22.3 Å². The number of ether oxygens (including phenoxy) is 1. The lowest BCUT2D eigenvalue weighted by atomic mass is 10.2. The molecular formula is C10H10Cl2FNO. The van der Waals surface area contributed by atoms with Crippen molar-refractivity contribution in [2.75, 3.05) is 18.5 Å². The van der Waals surface area contributed by atoms with Crippen LogP contribution in [0.5, 0.6) is 0 Å². The molecular weight excluding hydrogens is 240 g/mol. The molecule has 0 saturated carbocycles. The van der Waals surface area contributed by atoms with E-state index in [1.54, 1.807) is 0 Å². The average molecular weight is 250 g/mol. The quantitative estimate of drug-likeness (QED) is 0.869. The van der Waals surface area contributed by atoms with Gasteiger partial charge in [-0.05, 0) is 18.6 Å². The highest BCUT2D eigenvalue weighted by Crippen LogP contribution is 2.32. The minimum atomic E-state index is -0.432. The Kier molecular flexibility index (Phi) is 3.34. The van der Waals surface area contributed by atoms with Crippen LogP contribution in [0.3, 0.4) is 0 Å². The number of hydrogen-bond donors (Lipinski definition) is 1. The summed E-state index contributed by atoms with van der Waals surface area (Å²) < 4.78 is 18.1. The molecule has 0 aromatic heterocycles. The molecule has 0 spiro atoms. The smallest absolute Gasteiger partial charge is 0.126 e. The fourth-order valence-corrected chi connectivity index (χ4v) is 2.10. The van der Waals surface area contributed by atoms with Gasteiger partial charge in [-0.2, -0.15) is 0 Å². The molecule has 0 bridgehead atoms. The fourth-order valence-electron chi connectivity index (χ4n) is 1.53. The normalized spacial score (nSPS) is 20.6.